The minimum absolute atomic E-state index is 0.0255. The van der Waals surface area contributed by atoms with E-state index < -0.39 is 35.1 Å². The van der Waals surface area contributed by atoms with Crippen LogP contribution in [0.2, 0.25) is 0 Å². The third kappa shape index (κ3) is 5.72. The Kier molecular flexibility index (Phi) is 6.01. The van der Waals surface area contributed by atoms with Crippen LogP contribution in [0, 0.1) is 23.4 Å². The van der Waals surface area contributed by atoms with E-state index in [2.05, 4.69) is 10.6 Å². The zero-order valence-electron chi connectivity index (χ0n) is 11.3. The number of aliphatic carboxylic acids is 1. The highest BCUT2D eigenvalue weighted by molar-refractivity contribution is 5.89. The SMILES string of the molecule is CC(CCC(=O)O)CNC(=O)Nc1cc(F)c(F)cc1F. The summed E-state index contributed by atoms with van der Waals surface area (Å²) in [5.74, 6) is -4.75. The fraction of sp³-hybridized carbons (Fsp3) is 0.385. The maximum absolute atomic E-state index is 13.3. The molecule has 0 heterocycles. The molecule has 21 heavy (non-hydrogen) atoms. The van der Waals surface area contributed by atoms with E-state index in [0.29, 0.717) is 18.6 Å². The molecule has 8 heteroatoms. The van der Waals surface area contributed by atoms with Crippen LogP contribution in [-0.2, 0) is 4.79 Å². The number of hydrogen-bond donors (Lipinski definition) is 3. The lowest BCUT2D eigenvalue weighted by Gasteiger charge is -2.12. The smallest absolute Gasteiger partial charge is 0.319 e. The number of carboxylic acids is 1. The van der Waals surface area contributed by atoms with Gasteiger partial charge >= 0.3 is 12.0 Å². The normalized spacial score (nSPS) is 11.8. The van der Waals surface area contributed by atoms with Gasteiger partial charge in [0.25, 0.3) is 0 Å². The first-order valence-corrected chi connectivity index (χ1v) is 6.20. The summed E-state index contributed by atoms with van der Waals surface area (Å²) in [5, 5.41) is 12.9. The molecule has 0 spiro atoms. The minimum atomic E-state index is -1.35. The molecule has 0 fully saturated rings. The van der Waals surface area contributed by atoms with E-state index in [-0.39, 0.29) is 18.9 Å². The van der Waals surface area contributed by atoms with Gasteiger partial charge in [-0.1, -0.05) is 6.92 Å². The molecule has 116 valence electrons. The van der Waals surface area contributed by atoms with E-state index in [4.69, 9.17) is 5.11 Å². The third-order valence-electron chi connectivity index (χ3n) is 2.72. The molecule has 0 aromatic heterocycles. The van der Waals surface area contributed by atoms with Gasteiger partial charge in [-0.25, -0.2) is 18.0 Å². The first kappa shape index (κ1) is 16.8. The van der Waals surface area contributed by atoms with Crippen LogP contribution in [0.4, 0.5) is 23.7 Å². The molecule has 1 aromatic carbocycles. The average Bonchev–Trinajstić information content (AvgIpc) is 2.40. The number of benzene rings is 1. The number of halogens is 3. The van der Waals surface area contributed by atoms with E-state index >= 15 is 0 Å². The maximum Gasteiger partial charge on any atom is 0.319 e. The van der Waals surface area contributed by atoms with E-state index in [0.717, 1.165) is 0 Å². The molecule has 5 nitrogen and oxygen atoms in total. The standard InChI is InChI=1S/C13H15F3N2O3/c1-7(2-3-12(19)20)6-17-13(21)18-11-5-9(15)8(14)4-10(11)16/h4-5,7H,2-3,6H2,1H3,(H,19,20)(H2,17,18,21). The number of urea groups is 1. The van der Waals surface area contributed by atoms with Crippen molar-refractivity contribution in [1.82, 2.24) is 5.32 Å². The Bertz CT molecular complexity index is 538. The third-order valence-corrected chi connectivity index (χ3v) is 2.72. The lowest BCUT2D eigenvalue weighted by Crippen LogP contribution is -2.32. The van der Waals surface area contributed by atoms with Crippen molar-refractivity contribution in [2.24, 2.45) is 5.92 Å². The van der Waals surface area contributed by atoms with Crippen LogP contribution in [0.25, 0.3) is 0 Å². The molecule has 0 aliphatic heterocycles. The Labute approximate surface area is 119 Å². The van der Waals surface area contributed by atoms with Gasteiger partial charge in [0.2, 0.25) is 0 Å². The zero-order chi connectivity index (χ0) is 16.0. The van der Waals surface area contributed by atoms with Crippen molar-refractivity contribution in [3.8, 4) is 0 Å². The summed E-state index contributed by atoms with van der Waals surface area (Å²) < 4.78 is 38.9. The number of carbonyl (C=O) groups excluding carboxylic acids is 1. The molecule has 0 aliphatic rings. The van der Waals surface area contributed by atoms with Gasteiger partial charge in [0, 0.05) is 25.1 Å². The van der Waals surface area contributed by atoms with E-state index in [1.165, 1.54) is 0 Å². The number of carbonyl (C=O) groups is 2. The first-order valence-electron chi connectivity index (χ1n) is 6.20. The van der Waals surface area contributed by atoms with Gasteiger partial charge < -0.3 is 15.7 Å². The van der Waals surface area contributed by atoms with Gasteiger partial charge in [-0.15, -0.1) is 0 Å². The van der Waals surface area contributed by atoms with Crippen molar-refractivity contribution in [2.45, 2.75) is 19.8 Å². The van der Waals surface area contributed by atoms with Gasteiger partial charge in [0.15, 0.2) is 11.6 Å². The Morgan fingerprint density at radius 1 is 1.19 bits per heavy atom. The summed E-state index contributed by atoms with van der Waals surface area (Å²) >= 11 is 0. The predicted octanol–water partition coefficient (Wildman–Crippen LogP) is 2.73. The second-order valence-corrected chi connectivity index (χ2v) is 4.62. The van der Waals surface area contributed by atoms with Crippen LogP contribution >= 0.6 is 0 Å². The zero-order valence-corrected chi connectivity index (χ0v) is 11.3. The molecule has 0 saturated carbocycles. The van der Waals surface area contributed by atoms with E-state index in [1.807, 2.05) is 0 Å². The highest BCUT2D eigenvalue weighted by Gasteiger charge is 2.13. The molecule has 0 bridgehead atoms. The fourth-order valence-electron chi connectivity index (χ4n) is 1.52. The number of hydrogen-bond acceptors (Lipinski definition) is 2. The summed E-state index contributed by atoms with van der Waals surface area (Å²) in [6.45, 7) is 1.91. The van der Waals surface area contributed by atoms with Crippen LogP contribution in [-0.4, -0.2) is 23.7 Å². The number of carboxylic acid groups (broad SMARTS) is 1. The van der Waals surface area contributed by atoms with Crippen LogP contribution in [0.3, 0.4) is 0 Å². The molecule has 0 radical (unpaired) electrons. The fourth-order valence-corrected chi connectivity index (χ4v) is 1.52. The molecule has 1 atom stereocenters. The second-order valence-electron chi connectivity index (χ2n) is 4.62. The highest BCUT2D eigenvalue weighted by atomic mass is 19.2. The molecule has 1 aromatic rings. The molecule has 2 amide bonds. The lowest BCUT2D eigenvalue weighted by molar-refractivity contribution is -0.137. The van der Waals surface area contributed by atoms with E-state index in [1.54, 1.807) is 6.92 Å². The monoisotopic (exact) mass is 304 g/mol. The summed E-state index contributed by atoms with van der Waals surface area (Å²) in [4.78, 5) is 21.9. The van der Waals surface area contributed by atoms with Crippen molar-refractivity contribution >= 4 is 17.7 Å². The molecule has 1 unspecified atom stereocenters. The highest BCUT2D eigenvalue weighted by Crippen LogP contribution is 2.18. The van der Waals surface area contributed by atoms with Crippen LogP contribution < -0.4 is 10.6 Å². The quantitative estimate of drug-likeness (QED) is 0.707. The predicted molar refractivity (Wildman–Crippen MR) is 69.4 cm³/mol. The summed E-state index contributed by atoms with van der Waals surface area (Å²) in [5.41, 5.74) is -0.482. The maximum atomic E-state index is 13.3. The van der Waals surface area contributed by atoms with Gasteiger partial charge in [-0.2, -0.15) is 0 Å². The van der Waals surface area contributed by atoms with Crippen molar-refractivity contribution in [1.29, 1.82) is 0 Å². The summed E-state index contributed by atoms with van der Waals surface area (Å²) in [6, 6.07) is 0.0838. The second kappa shape index (κ2) is 7.51. The first-order chi connectivity index (χ1) is 9.79. The molecule has 0 saturated heterocycles. The number of amides is 2. The summed E-state index contributed by atoms with van der Waals surface area (Å²) in [7, 11) is 0. The largest absolute Gasteiger partial charge is 0.481 e. The molecular weight excluding hydrogens is 289 g/mol. The Morgan fingerprint density at radius 2 is 1.81 bits per heavy atom. The topological polar surface area (TPSA) is 78.4 Å². The van der Waals surface area contributed by atoms with Gasteiger partial charge in [0.05, 0.1) is 5.69 Å². The Hall–Kier alpha value is -2.25. The van der Waals surface area contributed by atoms with Gasteiger partial charge in [-0.05, 0) is 12.3 Å². The van der Waals surface area contributed by atoms with Crippen LogP contribution in [0.15, 0.2) is 12.1 Å². The lowest BCUT2D eigenvalue weighted by atomic mass is 10.1. The number of anilines is 1. The van der Waals surface area contributed by atoms with E-state index in [9.17, 15) is 22.8 Å². The molecule has 3 N–H and O–H groups in total. The van der Waals surface area contributed by atoms with Crippen molar-refractivity contribution in [2.75, 3.05) is 11.9 Å². The van der Waals surface area contributed by atoms with Crippen LogP contribution in [0.5, 0.6) is 0 Å². The van der Waals surface area contributed by atoms with Crippen molar-refractivity contribution in [3.63, 3.8) is 0 Å². The van der Waals surface area contributed by atoms with Crippen molar-refractivity contribution in [3.05, 3.63) is 29.6 Å². The van der Waals surface area contributed by atoms with Gasteiger partial charge in [-0.3, -0.25) is 4.79 Å². The van der Waals surface area contributed by atoms with Crippen molar-refractivity contribution < 1.29 is 27.9 Å². The molecular formula is C13H15F3N2O3. The molecule has 1 rings (SSSR count). The number of nitrogens with one attached hydrogen (secondary N) is 2. The summed E-state index contributed by atoms with van der Waals surface area (Å²) in [6.07, 6.45) is 0.345. The minimum Gasteiger partial charge on any atom is -0.481 e. The Balaban J connectivity index is 2.47. The van der Waals surface area contributed by atoms with Gasteiger partial charge in [0.1, 0.15) is 5.82 Å². The number of rotatable bonds is 6. The van der Waals surface area contributed by atoms with Crippen LogP contribution in [0.1, 0.15) is 19.8 Å². The average molecular weight is 304 g/mol. The Morgan fingerprint density at radius 3 is 2.43 bits per heavy atom. The molecule has 0 aliphatic carbocycles.